The molecule has 1 heterocycles. The first kappa shape index (κ1) is 9.28. The molecule has 0 bridgehead atoms. The number of hydrogen-bond acceptors (Lipinski definition) is 3. The molecule has 13 heavy (non-hydrogen) atoms. The van der Waals surface area contributed by atoms with Crippen LogP contribution in [-0.4, -0.2) is 11.0 Å². The molecule has 2 atom stereocenters. The molecule has 3 heteroatoms. The van der Waals surface area contributed by atoms with Crippen molar-refractivity contribution >= 4 is 28.9 Å². The first-order valence-corrected chi connectivity index (χ1v) is 6.26. The van der Waals surface area contributed by atoms with Crippen LogP contribution < -0.4 is 0 Å². The Labute approximate surface area is 86.5 Å². The van der Waals surface area contributed by atoms with Crippen molar-refractivity contribution in [3.63, 3.8) is 0 Å². The Kier molecular flexibility index (Phi) is 2.74. The number of thioether (sulfide) groups is 1. The number of thiophene rings is 1. The van der Waals surface area contributed by atoms with E-state index in [1.54, 1.807) is 11.3 Å². The van der Waals surface area contributed by atoms with Gasteiger partial charge in [-0.3, -0.25) is 4.79 Å². The molecule has 0 spiro atoms. The molecule has 0 radical (unpaired) electrons. The molecule has 2 rings (SSSR count). The summed E-state index contributed by atoms with van der Waals surface area (Å²) in [6.45, 7) is 2.06. The molecule has 1 fully saturated rings. The van der Waals surface area contributed by atoms with E-state index in [-0.39, 0.29) is 5.92 Å². The van der Waals surface area contributed by atoms with Gasteiger partial charge in [-0.05, 0) is 17.9 Å². The summed E-state index contributed by atoms with van der Waals surface area (Å²) in [4.78, 5) is 11.3. The Balaban J connectivity index is 2.00. The van der Waals surface area contributed by atoms with Crippen molar-refractivity contribution in [2.45, 2.75) is 29.2 Å². The maximum Gasteiger partial charge on any atom is 0.136 e. The molecule has 70 valence electrons. The second kappa shape index (κ2) is 3.84. The number of rotatable bonds is 2. The second-order valence-corrected chi connectivity index (χ2v) is 5.87. The Morgan fingerprint density at radius 2 is 2.46 bits per heavy atom. The van der Waals surface area contributed by atoms with E-state index in [2.05, 4.69) is 24.4 Å². The number of carbonyl (C=O) groups excluding carboxylic acids is 1. The third-order valence-corrected chi connectivity index (χ3v) is 5.06. The van der Waals surface area contributed by atoms with E-state index < -0.39 is 0 Å². The Bertz CT molecular complexity index is 292. The summed E-state index contributed by atoms with van der Waals surface area (Å²) in [6.07, 6.45) is 1.84. The lowest BCUT2D eigenvalue weighted by atomic mass is 10.1. The largest absolute Gasteiger partial charge is 0.299 e. The predicted molar refractivity (Wildman–Crippen MR) is 57.4 cm³/mol. The SMILES string of the molecule is CC1C(=O)CCC1Sc1cccs1. The molecular formula is C10H12OS2. The van der Waals surface area contributed by atoms with Crippen LogP contribution in [0.1, 0.15) is 19.8 Å². The lowest BCUT2D eigenvalue weighted by Gasteiger charge is -2.11. The van der Waals surface area contributed by atoms with E-state index in [4.69, 9.17) is 0 Å². The van der Waals surface area contributed by atoms with Crippen molar-refractivity contribution in [1.29, 1.82) is 0 Å². The van der Waals surface area contributed by atoms with Gasteiger partial charge in [-0.2, -0.15) is 0 Å². The van der Waals surface area contributed by atoms with Gasteiger partial charge < -0.3 is 0 Å². The van der Waals surface area contributed by atoms with E-state index in [1.165, 1.54) is 4.21 Å². The molecule has 0 amide bonds. The Hall–Kier alpha value is -0.280. The molecular weight excluding hydrogens is 200 g/mol. The Morgan fingerprint density at radius 3 is 3.00 bits per heavy atom. The van der Waals surface area contributed by atoms with Gasteiger partial charge in [-0.15, -0.1) is 23.1 Å². The minimum absolute atomic E-state index is 0.257. The summed E-state index contributed by atoms with van der Waals surface area (Å²) in [5.41, 5.74) is 0. The lowest BCUT2D eigenvalue weighted by Crippen LogP contribution is -2.11. The molecule has 0 N–H and O–H groups in total. The smallest absolute Gasteiger partial charge is 0.136 e. The highest BCUT2D eigenvalue weighted by Crippen LogP contribution is 2.38. The van der Waals surface area contributed by atoms with Crippen molar-refractivity contribution in [1.82, 2.24) is 0 Å². The van der Waals surface area contributed by atoms with Crippen LogP contribution in [0.25, 0.3) is 0 Å². The third kappa shape index (κ3) is 1.97. The molecule has 1 aromatic heterocycles. The van der Waals surface area contributed by atoms with Gasteiger partial charge in [-0.1, -0.05) is 13.0 Å². The van der Waals surface area contributed by atoms with Crippen LogP contribution in [-0.2, 0) is 4.79 Å². The molecule has 2 unspecified atom stereocenters. The van der Waals surface area contributed by atoms with Crippen LogP contribution in [0.2, 0.25) is 0 Å². The quantitative estimate of drug-likeness (QED) is 0.749. The average Bonchev–Trinajstić information content (AvgIpc) is 2.71. The molecule has 0 saturated heterocycles. The normalized spacial score (nSPS) is 28.2. The second-order valence-electron chi connectivity index (χ2n) is 3.38. The van der Waals surface area contributed by atoms with E-state index in [1.807, 2.05) is 11.8 Å². The van der Waals surface area contributed by atoms with Gasteiger partial charge in [0.25, 0.3) is 0 Å². The number of Topliss-reactive ketones (excluding diaryl/α,β-unsaturated/α-hetero) is 1. The Morgan fingerprint density at radius 1 is 1.62 bits per heavy atom. The van der Waals surface area contributed by atoms with Gasteiger partial charge >= 0.3 is 0 Å². The van der Waals surface area contributed by atoms with Gasteiger partial charge in [0.1, 0.15) is 5.78 Å². The fraction of sp³-hybridized carbons (Fsp3) is 0.500. The minimum atomic E-state index is 0.257. The van der Waals surface area contributed by atoms with Crippen LogP contribution in [0.4, 0.5) is 0 Å². The highest BCUT2D eigenvalue weighted by molar-refractivity contribution is 8.01. The van der Waals surface area contributed by atoms with Crippen molar-refractivity contribution in [3.05, 3.63) is 17.5 Å². The maximum atomic E-state index is 11.3. The van der Waals surface area contributed by atoms with Crippen molar-refractivity contribution in [2.75, 3.05) is 0 Å². The molecule has 1 aromatic rings. The summed E-state index contributed by atoms with van der Waals surface area (Å²) in [5.74, 6) is 0.696. The molecule has 1 saturated carbocycles. The summed E-state index contributed by atoms with van der Waals surface area (Å²) < 4.78 is 1.34. The van der Waals surface area contributed by atoms with Crippen LogP contribution in [0.3, 0.4) is 0 Å². The van der Waals surface area contributed by atoms with Crippen molar-refractivity contribution in [2.24, 2.45) is 5.92 Å². The van der Waals surface area contributed by atoms with Crippen molar-refractivity contribution < 1.29 is 4.79 Å². The van der Waals surface area contributed by atoms with Gasteiger partial charge in [-0.25, -0.2) is 0 Å². The van der Waals surface area contributed by atoms with Gasteiger partial charge in [0, 0.05) is 17.6 Å². The average molecular weight is 212 g/mol. The van der Waals surface area contributed by atoms with Crippen LogP contribution >= 0.6 is 23.1 Å². The zero-order valence-electron chi connectivity index (χ0n) is 7.53. The fourth-order valence-electron chi connectivity index (χ4n) is 1.61. The van der Waals surface area contributed by atoms with E-state index >= 15 is 0 Å². The molecule has 0 aromatic carbocycles. The number of ketones is 1. The van der Waals surface area contributed by atoms with Gasteiger partial charge in [0.2, 0.25) is 0 Å². The summed E-state index contributed by atoms with van der Waals surface area (Å²) in [7, 11) is 0. The fourth-order valence-corrected chi connectivity index (χ4v) is 3.87. The molecule has 1 aliphatic carbocycles. The monoisotopic (exact) mass is 212 g/mol. The van der Waals surface area contributed by atoms with Crippen LogP contribution in [0.5, 0.6) is 0 Å². The number of hydrogen-bond donors (Lipinski definition) is 0. The highest BCUT2D eigenvalue weighted by atomic mass is 32.2. The first-order chi connectivity index (χ1) is 6.27. The van der Waals surface area contributed by atoms with Gasteiger partial charge in [0.15, 0.2) is 0 Å². The predicted octanol–water partition coefficient (Wildman–Crippen LogP) is 3.21. The summed E-state index contributed by atoms with van der Waals surface area (Å²) >= 11 is 3.63. The first-order valence-electron chi connectivity index (χ1n) is 4.50. The standard InChI is InChI=1S/C10H12OS2/c1-7-8(11)4-5-9(7)13-10-3-2-6-12-10/h2-3,6-7,9H,4-5H2,1H3. The van der Waals surface area contributed by atoms with Crippen LogP contribution in [0, 0.1) is 5.92 Å². The topological polar surface area (TPSA) is 17.1 Å². The molecule has 1 aliphatic rings. The zero-order valence-corrected chi connectivity index (χ0v) is 9.16. The summed E-state index contributed by atoms with van der Waals surface area (Å²) in [6, 6.07) is 4.19. The maximum absolute atomic E-state index is 11.3. The van der Waals surface area contributed by atoms with Crippen LogP contribution in [0.15, 0.2) is 21.7 Å². The zero-order chi connectivity index (χ0) is 9.26. The van der Waals surface area contributed by atoms with E-state index in [0.717, 1.165) is 12.8 Å². The van der Waals surface area contributed by atoms with E-state index in [9.17, 15) is 4.79 Å². The minimum Gasteiger partial charge on any atom is -0.299 e. The van der Waals surface area contributed by atoms with E-state index in [0.29, 0.717) is 11.0 Å². The van der Waals surface area contributed by atoms with Gasteiger partial charge in [0.05, 0.1) is 4.21 Å². The number of carbonyl (C=O) groups is 1. The third-order valence-electron chi connectivity index (χ3n) is 2.50. The van der Waals surface area contributed by atoms with Crippen molar-refractivity contribution in [3.8, 4) is 0 Å². The molecule has 1 nitrogen and oxygen atoms in total. The molecule has 0 aliphatic heterocycles. The summed E-state index contributed by atoms with van der Waals surface area (Å²) in [5, 5.41) is 2.61. The highest BCUT2D eigenvalue weighted by Gasteiger charge is 2.31. The lowest BCUT2D eigenvalue weighted by molar-refractivity contribution is -0.120.